The lowest BCUT2D eigenvalue weighted by atomic mass is 9.85. The highest BCUT2D eigenvalue weighted by Gasteiger charge is 2.40. The summed E-state index contributed by atoms with van der Waals surface area (Å²) in [5.41, 5.74) is 1.60. The smallest absolute Gasteiger partial charge is 0.408 e. The zero-order valence-corrected chi connectivity index (χ0v) is 16.4. The normalized spacial score (nSPS) is 12.0. The third-order valence-corrected chi connectivity index (χ3v) is 5.14. The molecule has 2 aromatic rings. The Labute approximate surface area is 157 Å². The van der Waals surface area contributed by atoms with E-state index in [0.717, 1.165) is 25.7 Å². The summed E-state index contributed by atoms with van der Waals surface area (Å²) in [7, 11) is 0. The van der Waals surface area contributed by atoms with E-state index in [1.165, 1.54) is 11.1 Å². The number of aryl methyl sites for hydroxylation is 2. The van der Waals surface area contributed by atoms with E-state index < -0.39 is 17.2 Å². The van der Waals surface area contributed by atoms with Crippen molar-refractivity contribution in [3.63, 3.8) is 0 Å². The van der Waals surface area contributed by atoms with Gasteiger partial charge in [0.1, 0.15) is 0 Å². The Bertz CT molecular complexity index is 637. The van der Waals surface area contributed by atoms with Crippen molar-refractivity contribution in [2.24, 2.45) is 0 Å². The molecule has 0 spiro atoms. The highest BCUT2D eigenvalue weighted by molar-refractivity contribution is 5.67. The van der Waals surface area contributed by atoms with Gasteiger partial charge in [0, 0.05) is 11.1 Å². The lowest BCUT2D eigenvalue weighted by Crippen LogP contribution is -2.58. The molecule has 0 unspecified atom stereocenters. The fraction of sp³-hybridized carbons (Fsp3) is 0.435. The van der Waals surface area contributed by atoms with Gasteiger partial charge in [-0.25, -0.2) is 4.79 Å². The van der Waals surface area contributed by atoms with Crippen LogP contribution in [0.25, 0.3) is 0 Å². The summed E-state index contributed by atoms with van der Waals surface area (Å²) in [5.74, 6) is 0. The van der Waals surface area contributed by atoms with Gasteiger partial charge in [-0.2, -0.15) is 0 Å². The van der Waals surface area contributed by atoms with Crippen molar-refractivity contribution >= 4 is 6.09 Å². The van der Waals surface area contributed by atoms with Crippen LogP contribution in [0, 0.1) is 0 Å². The lowest BCUT2D eigenvalue weighted by Gasteiger charge is -2.47. The predicted octanol–water partition coefficient (Wildman–Crippen LogP) is 5.79. The Morgan fingerprint density at radius 3 is 1.42 bits per heavy atom. The Balaban J connectivity index is 2.10. The summed E-state index contributed by atoms with van der Waals surface area (Å²) < 4.78 is 0. The molecule has 0 aliphatic carbocycles. The van der Waals surface area contributed by atoms with Gasteiger partial charge in [-0.15, -0.1) is 0 Å². The molecule has 1 amide bonds. The highest BCUT2D eigenvalue weighted by Crippen LogP contribution is 2.32. The third-order valence-electron chi connectivity index (χ3n) is 5.14. The van der Waals surface area contributed by atoms with Crippen LogP contribution in [0.5, 0.6) is 0 Å². The maximum Gasteiger partial charge on any atom is 0.408 e. The van der Waals surface area contributed by atoms with Gasteiger partial charge in [0.25, 0.3) is 0 Å². The number of benzene rings is 2. The second kappa shape index (κ2) is 8.39. The minimum atomic E-state index is -0.846. The molecule has 26 heavy (non-hydrogen) atoms. The van der Waals surface area contributed by atoms with Gasteiger partial charge < -0.3 is 5.11 Å². The van der Waals surface area contributed by atoms with Crippen LogP contribution in [0.4, 0.5) is 4.79 Å². The third kappa shape index (κ3) is 5.35. The Morgan fingerprint density at radius 2 is 1.12 bits per heavy atom. The molecule has 2 aromatic carbocycles. The average molecular weight is 354 g/mol. The first-order valence-corrected chi connectivity index (χ1v) is 9.33. The van der Waals surface area contributed by atoms with Crippen molar-refractivity contribution in [1.82, 2.24) is 4.90 Å². The van der Waals surface area contributed by atoms with Gasteiger partial charge in [0.05, 0.1) is 0 Å². The molecule has 0 saturated carbocycles. The van der Waals surface area contributed by atoms with Crippen LogP contribution >= 0.6 is 0 Å². The number of rotatable bonds is 8. The second-order valence-electron chi connectivity index (χ2n) is 8.21. The van der Waals surface area contributed by atoms with E-state index in [9.17, 15) is 9.90 Å². The van der Waals surface area contributed by atoms with Gasteiger partial charge in [0.15, 0.2) is 0 Å². The standard InChI is InChI=1S/C23H31NO2/c1-22(2,17-15-19-11-7-5-8-12-19)24(21(25)26)23(3,4)18-16-20-13-9-6-10-14-20/h5-14H,15-18H2,1-4H3,(H,25,26). The maximum absolute atomic E-state index is 12.1. The van der Waals surface area contributed by atoms with Crippen LogP contribution in [0.3, 0.4) is 0 Å². The van der Waals surface area contributed by atoms with Gasteiger partial charge in [-0.1, -0.05) is 60.7 Å². The van der Waals surface area contributed by atoms with Crippen molar-refractivity contribution in [3.05, 3.63) is 71.8 Å². The molecule has 0 bridgehead atoms. The van der Waals surface area contributed by atoms with Gasteiger partial charge in [0.2, 0.25) is 0 Å². The monoisotopic (exact) mass is 353 g/mol. The maximum atomic E-state index is 12.1. The molecule has 0 atom stereocenters. The zero-order valence-electron chi connectivity index (χ0n) is 16.4. The summed E-state index contributed by atoms with van der Waals surface area (Å²) in [6.07, 6.45) is 2.47. The molecule has 0 fully saturated rings. The number of nitrogens with zero attached hydrogens (tertiary/aromatic N) is 1. The molecule has 140 valence electrons. The summed E-state index contributed by atoms with van der Waals surface area (Å²) in [4.78, 5) is 13.8. The Kier molecular flexibility index (Phi) is 6.47. The molecule has 0 saturated heterocycles. The van der Waals surface area contributed by atoms with Crippen molar-refractivity contribution < 1.29 is 9.90 Å². The first-order chi connectivity index (χ1) is 12.2. The van der Waals surface area contributed by atoms with Crippen molar-refractivity contribution in [2.45, 2.75) is 64.5 Å². The molecule has 0 radical (unpaired) electrons. The van der Waals surface area contributed by atoms with Crippen LogP contribution in [0.15, 0.2) is 60.7 Å². The van der Waals surface area contributed by atoms with Crippen molar-refractivity contribution in [1.29, 1.82) is 0 Å². The molecule has 0 aromatic heterocycles. The molecule has 0 aliphatic heterocycles. The lowest BCUT2D eigenvalue weighted by molar-refractivity contribution is 0.0171. The number of hydrogen-bond donors (Lipinski definition) is 1. The first kappa shape index (κ1) is 20.0. The van der Waals surface area contributed by atoms with E-state index in [1.807, 2.05) is 64.1 Å². The van der Waals surface area contributed by atoms with E-state index in [0.29, 0.717) is 0 Å². The summed E-state index contributed by atoms with van der Waals surface area (Å²) in [6, 6.07) is 20.5. The molecule has 0 aliphatic rings. The van der Waals surface area contributed by atoms with Gasteiger partial charge in [-0.3, -0.25) is 4.90 Å². The quantitative estimate of drug-likeness (QED) is 0.652. The molecule has 2 rings (SSSR count). The zero-order chi connectivity index (χ0) is 19.2. The molecule has 0 heterocycles. The highest BCUT2D eigenvalue weighted by atomic mass is 16.4. The second-order valence-corrected chi connectivity index (χ2v) is 8.21. The average Bonchev–Trinajstić information content (AvgIpc) is 2.59. The number of hydrogen-bond acceptors (Lipinski definition) is 1. The molecule has 1 N–H and O–H groups in total. The molecule has 3 nitrogen and oxygen atoms in total. The Hall–Kier alpha value is -2.29. The summed E-state index contributed by atoms with van der Waals surface area (Å²) >= 11 is 0. The summed E-state index contributed by atoms with van der Waals surface area (Å²) in [5, 5.41) is 9.96. The molecular formula is C23H31NO2. The molecule has 3 heteroatoms. The SMILES string of the molecule is CC(C)(CCc1ccccc1)N(C(=O)O)C(C)(C)CCc1ccccc1. The van der Waals surface area contributed by atoms with Gasteiger partial charge in [-0.05, 0) is 64.5 Å². The number of amides is 1. The number of carboxylic acid groups (broad SMARTS) is 1. The van der Waals surface area contributed by atoms with E-state index in [2.05, 4.69) is 24.3 Å². The minimum Gasteiger partial charge on any atom is -0.465 e. The first-order valence-electron chi connectivity index (χ1n) is 9.33. The molecular weight excluding hydrogens is 322 g/mol. The largest absolute Gasteiger partial charge is 0.465 e. The predicted molar refractivity (Wildman–Crippen MR) is 108 cm³/mol. The van der Waals surface area contributed by atoms with Crippen LogP contribution in [0.2, 0.25) is 0 Å². The fourth-order valence-electron chi connectivity index (χ4n) is 3.75. The van der Waals surface area contributed by atoms with Crippen LogP contribution in [-0.2, 0) is 12.8 Å². The van der Waals surface area contributed by atoms with E-state index >= 15 is 0 Å². The Morgan fingerprint density at radius 1 is 0.769 bits per heavy atom. The number of carbonyl (C=O) groups is 1. The van der Waals surface area contributed by atoms with E-state index in [4.69, 9.17) is 0 Å². The van der Waals surface area contributed by atoms with Gasteiger partial charge >= 0.3 is 6.09 Å². The van der Waals surface area contributed by atoms with Crippen LogP contribution < -0.4 is 0 Å². The van der Waals surface area contributed by atoms with Crippen molar-refractivity contribution in [2.75, 3.05) is 0 Å². The van der Waals surface area contributed by atoms with Crippen molar-refractivity contribution in [3.8, 4) is 0 Å². The topological polar surface area (TPSA) is 40.5 Å². The van der Waals surface area contributed by atoms with E-state index in [-0.39, 0.29) is 0 Å². The fourth-order valence-corrected chi connectivity index (χ4v) is 3.75. The van der Waals surface area contributed by atoms with Crippen LogP contribution in [0.1, 0.15) is 51.7 Å². The minimum absolute atomic E-state index is 0.443. The van der Waals surface area contributed by atoms with E-state index in [1.54, 1.807) is 4.90 Å². The summed E-state index contributed by atoms with van der Waals surface area (Å²) in [6.45, 7) is 8.14. The van der Waals surface area contributed by atoms with Crippen LogP contribution in [-0.4, -0.2) is 27.2 Å².